The Labute approximate surface area is 131 Å². The number of carbonyl (C=O) groups excluding carboxylic acids is 1. The van der Waals surface area contributed by atoms with Gasteiger partial charge in [0, 0.05) is 43.3 Å². The number of anilines is 1. The van der Waals surface area contributed by atoms with Gasteiger partial charge in [0.05, 0.1) is 6.04 Å². The number of rotatable bonds is 5. The first-order chi connectivity index (χ1) is 9.93. The van der Waals surface area contributed by atoms with E-state index in [4.69, 9.17) is 0 Å². The van der Waals surface area contributed by atoms with E-state index in [-0.39, 0.29) is 17.5 Å². The molecule has 0 aromatic carbocycles. The van der Waals surface area contributed by atoms with E-state index in [0.717, 1.165) is 37.7 Å². The van der Waals surface area contributed by atoms with Crippen molar-refractivity contribution >= 4 is 22.4 Å². The van der Waals surface area contributed by atoms with Crippen LogP contribution < -0.4 is 10.2 Å². The Morgan fingerprint density at radius 3 is 2.62 bits per heavy atom. The van der Waals surface area contributed by atoms with Crippen LogP contribution >= 0.6 is 11.3 Å². The summed E-state index contributed by atoms with van der Waals surface area (Å²) in [6.07, 6.45) is 2.78. The minimum atomic E-state index is -0.131. The summed E-state index contributed by atoms with van der Waals surface area (Å²) in [7, 11) is 0. The number of nitrogens with one attached hydrogen (secondary N) is 1. The maximum Gasteiger partial charge on any atom is 0.237 e. The summed E-state index contributed by atoms with van der Waals surface area (Å²) < 4.78 is 0. The van der Waals surface area contributed by atoms with Gasteiger partial charge >= 0.3 is 0 Å². The fourth-order valence-corrected chi connectivity index (χ4v) is 3.06. The average molecular weight is 310 g/mol. The largest absolute Gasteiger partial charge is 0.350 e. The number of hydrogen-bond donors (Lipinski definition) is 1. The molecular formula is C15H26N4OS. The van der Waals surface area contributed by atoms with Crippen molar-refractivity contribution < 1.29 is 4.79 Å². The topological polar surface area (TPSA) is 48.5 Å². The molecule has 1 saturated heterocycles. The standard InChI is InChI=1S/C15H26N4OS/c1-5-15(3,4)17-13(20)12(2)18-7-9-19(10-8-18)14-16-6-11-21-14/h6,11-12H,5,7-10H2,1-4H3,(H,17,20). The molecule has 1 unspecified atom stereocenters. The van der Waals surface area contributed by atoms with Crippen LogP contribution in [-0.2, 0) is 4.79 Å². The van der Waals surface area contributed by atoms with Crippen molar-refractivity contribution in [1.82, 2.24) is 15.2 Å². The van der Waals surface area contributed by atoms with Crippen molar-refractivity contribution in [3.63, 3.8) is 0 Å². The first-order valence-electron chi connectivity index (χ1n) is 7.63. The molecule has 1 aromatic heterocycles. The van der Waals surface area contributed by atoms with Gasteiger partial charge in [0.15, 0.2) is 5.13 Å². The van der Waals surface area contributed by atoms with Crippen molar-refractivity contribution in [2.75, 3.05) is 31.1 Å². The maximum absolute atomic E-state index is 12.4. The minimum Gasteiger partial charge on any atom is -0.350 e. The van der Waals surface area contributed by atoms with Gasteiger partial charge in [0.1, 0.15) is 0 Å². The highest BCUT2D eigenvalue weighted by Crippen LogP contribution is 2.19. The molecule has 1 aliphatic rings. The molecule has 1 N–H and O–H groups in total. The van der Waals surface area contributed by atoms with Crippen LogP contribution in [0.4, 0.5) is 5.13 Å². The van der Waals surface area contributed by atoms with Gasteiger partial charge in [-0.25, -0.2) is 4.98 Å². The number of hydrogen-bond acceptors (Lipinski definition) is 5. The normalized spacial score (nSPS) is 18.6. The number of piperazine rings is 1. The highest BCUT2D eigenvalue weighted by Gasteiger charge is 2.28. The summed E-state index contributed by atoms with van der Waals surface area (Å²) >= 11 is 1.67. The fourth-order valence-electron chi connectivity index (χ4n) is 2.36. The number of aromatic nitrogens is 1. The molecular weight excluding hydrogens is 284 g/mol. The molecule has 1 atom stereocenters. The van der Waals surface area contributed by atoms with Gasteiger partial charge in [-0.05, 0) is 27.2 Å². The quantitative estimate of drug-likeness (QED) is 0.903. The zero-order chi connectivity index (χ0) is 15.5. The van der Waals surface area contributed by atoms with Crippen molar-refractivity contribution in [3.05, 3.63) is 11.6 Å². The predicted molar refractivity (Wildman–Crippen MR) is 87.9 cm³/mol. The lowest BCUT2D eigenvalue weighted by Crippen LogP contribution is -2.56. The molecule has 2 heterocycles. The van der Waals surface area contributed by atoms with E-state index in [1.165, 1.54) is 0 Å². The second-order valence-corrected chi connectivity index (χ2v) is 7.11. The van der Waals surface area contributed by atoms with Crippen molar-refractivity contribution in [2.45, 2.75) is 45.7 Å². The average Bonchev–Trinajstić information content (AvgIpc) is 3.00. The highest BCUT2D eigenvalue weighted by atomic mass is 32.1. The van der Waals surface area contributed by atoms with Crippen LogP contribution in [0.5, 0.6) is 0 Å². The molecule has 6 heteroatoms. The smallest absolute Gasteiger partial charge is 0.237 e. The molecule has 0 aliphatic carbocycles. The Balaban J connectivity index is 1.85. The second kappa shape index (κ2) is 6.75. The Morgan fingerprint density at radius 1 is 1.43 bits per heavy atom. The van der Waals surface area contributed by atoms with E-state index < -0.39 is 0 Å². The van der Waals surface area contributed by atoms with Gasteiger partial charge in [0.25, 0.3) is 0 Å². The second-order valence-electron chi connectivity index (χ2n) is 6.24. The molecule has 1 aliphatic heterocycles. The van der Waals surface area contributed by atoms with E-state index in [1.54, 1.807) is 11.3 Å². The molecule has 0 spiro atoms. The third-order valence-electron chi connectivity index (χ3n) is 4.28. The van der Waals surface area contributed by atoms with Crippen LogP contribution in [0.3, 0.4) is 0 Å². The molecule has 5 nitrogen and oxygen atoms in total. The van der Waals surface area contributed by atoms with Gasteiger partial charge in [0.2, 0.25) is 5.91 Å². The third-order valence-corrected chi connectivity index (χ3v) is 5.11. The number of carbonyl (C=O) groups is 1. The molecule has 118 valence electrons. The van der Waals surface area contributed by atoms with Gasteiger partial charge in [-0.1, -0.05) is 6.92 Å². The maximum atomic E-state index is 12.4. The van der Waals surface area contributed by atoms with E-state index in [1.807, 2.05) is 18.5 Å². The summed E-state index contributed by atoms with van der Waals surface area (Å²) in [4.78, 5) is 21.2. The molecule has 21 heavy (non-hydrogen) atoms. The summed E-state index contributed by atoms with van der Waals surface area (Å²) in [6, 6.07) is -0.0748. The van der Waals surface area contributed by atoms with E-state index in [9.17, 15) is 4.79 Å². The Kier molecular flexibility index (Phi) is 5.22. The van der Waals surface area contributed by atoms with Gasteiger partial charge in [-0.15, -0.1) is 11.3 Å². The molecule has 0 radical (unpaired) electrons. The lowest BCUT2D eigenvalue weighted by molar-refractivity contribution is -0.127. The molecule has 1 aromatic rings. The van der Waals surface area contributed by atoms with Gasteiger partial charge in [-0.3, -0.25) is 9.69 Å². The van der Waals surface area contributed by atoms with Crippen LogP contribution in [0, 0.1) is 0 Å². The lowest BCUT2D eigenvalue weighted by Gasteiger charge is -2.38. The monoisotopic (exact) mass is 310 g/mol. The zero-order valence-corrected chi connectivity index (χ0v) is 14.2. The Bertz CT molecular complexity index is 452. The van der Waals surface area contributed by atoms with Crippen molar-refractivity contribution in [2.24, 2.45) is 0 Å². The van der Waals surface area contributed by atoms with Crippen molar-refractivity contribution in [1.29, 1.82) is 0 Å². The Hall–Kier alpha value is -1.14. The van der Waals surface area contributed by atoms with E-state index in [2.05, 4.69) is 40.9 Å². The molecule has 2 rings (SSSR count). The number of amides is 1. The van der Waals surface area contributed by atoms with Crippen LogP contribution in [0.25, 0.3) is 0 Å². The van der Waals surface area contributed by atoms with E-state index >= 15 is 0 Å². The summed E-state index contributed by atoms with van der Waals surface area (Å²) in [5, 5.41) is 6.22. The first kappa shape index (κ1) is 16.2. The Morgan fingerprint density at radius 2 is 2.10 bits per heavy atom. The van der Waals surface area contributed by atoms with Gasteiger partial charge in [-0.2, -0.15) is 0 Å². The zero-order valence-electron chi connectivity index (χ0n) is 13.4. The highest BCUT2D eigenvalue weighted by molar-refractivity contribution is 7.13. The first-order valence-corrected chi connectivity index (χ1v) is 8.51. The lowest BCUT2D eigenvalue weighted by atomic mass is 10.0. The van der Waals surface area contributed by atoms with Crippen LogP contribution in [0.1, 0.15) is 34.1 Å². The number of thiazole rings is 1. The molecule has 0 saturated carbocycles. The number of nitrogens with zero attached hydrogens (tertiary/aromatic N) is 3. The SMILES string of the molecule is CCC(C)(C)NC(=O)C(C)N1CCN(c2nccs2)CC1. The molecule has 0 bridgehead atoms. The molecule has 1 amide bonds. The summed E-state index contributed by atoms with van der Waals surface area (Å²) in [6.45, 7) is 11.9. The molecule has 1 fully saturated rings. The van der Waals surface area contributed by atoms with Crippen molar-refractivity contribution in [3.8, 4) is 0 Å². The van der Waals surface area contributed by atoms with Crippen LogP contribution in [0.2, 0.25) is 0 Å². The van der Waals surface area contributed by atoms with E-state index in [0.29, 0.717) is 0 Å². The summed E-state index contributed by atoms with van der Waals surface area (Å²) in [5.74, 6) is 0.129. The van der Waals surface area contributed by atoms with Crippen LogP contribution in [0.15, 0.2) is 11.6 Å². The third kappa shape index (κ3) is 4.17. The predicted octanol–water partition coefficient (Wildman–Crippen LogP) is 1.96. The van der Waals surface area contributed by atoms with Crippen LogP contribution in [-0.4, -0.2) is 53.6 Å². The van der Waals surface area contributed by atoms with Gasteiger partial charge < -0.3 is 10.2 Å². The minimum absolute atomic E-state index is 0.0748. The summed E-state index contributed by atoms with van der Waals surface area (Å²) in [5.41, 5.74) is -0.131. The fraction of sp³-hybridized carbons (Fsp3) is 0.733.